The zero-order valence-corrected chi connectivity index (χ0v) is 10.3. The number of nitrogens with one attached hydrogen (secondary N) is 1. The number of anilines is 1. The molecular formula is C11H9F3N2O5. The van der Waals surface area contributed by atoms with E-state index in [-0.39, 0.29) is 11.3 Å². The summed E-state index contributed by atoms with van der Waals surface area (Å²) in [5.41, 5.74) is -1.46. The van der Waals surface area contributed by atoms with E-state index in [4.69, 9.17) is 5.11 Å². The normalized spacial score (nSPS) is 11.0. The van der Waals surface area contributed by atoms with Crippen molar-refractivity contribution in [3.05, 3.63) is 33.9 Å². The number of hydrogen-bond donors (Lipinski definition) is 2. The molecule has 1 aromatic carbocycles. The van der Waals surface area contributed by atoms with E-state index in [1.807, 2.05) is 5.32 Å². The minimum Gasteiger partial charge on any atom is -0.478 e. The average Bonchev–Trinajstić information content (AvgIpc) is 2.35. The van der Waals surface area contributed by atoms with Crippen LogP contribution in [-0.2, 0) is 4.79 Å². The van der Waals surface area contributed by atoms with Crippen LogP contribution < -0.4 is 5.32 Å². The first-order valence-corrected chi connectivity index (χ1v) is 5.48. The number of aromatic carboxylic acids is 1. The maximum Gasteiger partial charge on any atom is 0.389 e. The van der Waals surface area contributed by atoms with Gasteiger partial charge >= 0.3 is 12.1 Å². The Morgan fingerprint density at radius 1 is 1.33 bits per heavy atom. The molecule has 0 bridgehead atoms. The van der Waals surface area contributed by atoms with Gasteiger partial charge < -0.3 is 10.4 Å². The quantitative estimate of drug-likeness (QED) is 0.641. The van der Waals surface area contributed by atoms with Gasteiger partial charge in [-0.05, 0) is 12.1 Å². The van der Waals surface area contributed by atoms with Crippen molar-refractivity contribution < 1.29 is 32.8 Å². The largest absolute Gasteiger partial charge is 0.478 e. The van der Waals surface area contributed by atoms with Crippen LogP contribution in [-0.4, -0.2) is 28.1 Å². The average molecular weight is 306 g/mol. The Bertz CT molecular complexity index is 586. The first-order valence-electron chi connectivity index (χ1n) is 5.48. The van der Waals surface area contributed by atoms with Gasteiger partial charge in [0.05, 0.1) is 16.9 Å². The molecule has 2 N–H and O–H groups in total. The van der Waals surface area contributed by atoms with Gasteiger partial charge in [-0.2, -0.15) is 13.2 Å². The summed E-state index contributed by atoms with van der Waals surface area (Å²) in [6.07, 6.45) is -6.77. The van der Waals surface area contributed by atoms with Crippen molar-refractivity contribution in [2.45, 2.75) is 19.0 Å². The molecule has 0 spiro atoms. The zero-order valence-electron chi connectivity index (χ0n) is 10.3. The van der Waals surface area contributed by atoms with Crippen LogP contribution in [0.4, 0.5) is 24.5 Å². The van der Waals surface area contributed by atoms with Gasteiger partial charge in [-0.25, -0.2) is 4.79 Å². The van der Waals surface area contributed by atoms with Crippen LogP contribution >= 0.6 is 0 Å². The standard InChI is InChI=1S/C11H9F3N2O5/c12-11(13,14)4-3-9(17)15-7-2-1-6(10(18)19)5-8(7)16(20)21/h1-2,5H,3-4H2,(H,15,17)(H,18,19). The lowest BCUT2D eigenvalue weighted by Gasteiger charge is -2.08. The molecule has 0 unspecified atom stereocenters. The van der Waals surface area contributed by atoms with Crippen molar-refractivity contribution >= 4 is 23.3 Å². The summed E-state index contributed by atoms with van der Waals surface area (Å²) in [5, 5.41) is 21.4. The predicted molar refractivity (Wildman–Crippen MR) is 64.0 cm³/mol. The van der Waals surface area contributed by atoms with Crippen molar-refractivity contribution in [3.8, 4) is 0 Å². The van der Waals surface area contributed by atoms with Crippen LogP contribution in [0, 0.1) is 10.1 Å². The number of hydrogen-bond acceptors (Lipinski definition) is 4. The molecule has 0 fully saturated rings. The molecule has 1 aromatic rings. The number of carbonyl (C=O) groups is 2. The Labute approximate surface area is 115 Å². The molecule has 0 radical (unpaired) electrons. The predicted octanol–water partition coefficient (Wildman–Crippen LogP) is 2.57. The highest BCUT2D eigenvalue weighted by molar-refractivity contribution is 5.95. The molecule has 114 valence electrons. The summed E-state index contributed by atoms with van der Waals surface area (Å²) < 4.78 is 35.9. The van der Waals surface area contributed by atoms with Gasteiger partial charge in [-0.15, -0.1) is 0 Å². The van der Waals surface area contributed by atoms with Gasteiger partial charge in [0, 0.05) is 12.5 Å². The molecule has 7 nitrogen and oxygen atoms in total. The molecule has 0 saturated carbocycles. The fraction of sp³-hybridized carbons (Fsp3) is 0.273. The topological polar surface area (TPSA) is 110 Å². The van der Waals surface area contributed by atoms with Gasteiger partial charge in [0.15, 0.2) is 0 Å². The molecular weight excluding hydrogens is 297 g/mol. The molecule has 0 aliphatic carbocycles. The minimum atomic E-state index is -4.52. The van der Waals surface area contributed by atoms with Crippen LogP contribution in [0.15, 0.2) is 18.2 Å². The van der Waals surface area contributed by atoms with Crippen LogP contribution in [0.3, 0.4) is 0 Å². The lowest BCUT2D eigenvalue weighted by molar-refractivity contribution is -0.384. The second kappa shape index (κ2) is 6.20. The van der Waals surface area contributed by atoms with Crippen molar-refractivity contribution in [3.63, 3.8) is 0 Å². The number of carbonyl (C=O) groups excluding carboxylic acids is 1. The van der Waals surface area contributed by atoms with Gasteiger partial charge in [0.2, 0.25) is 5.91 Å². The third-order valence-corrected chi connectivity index (χ3v) is 2.35. The van der Waals surface area contributed by atoms with Crippen LogP contribution in [0.2, 0.25) is 0 Å². The highest BCUT2D eigenvalue weighted by Crippen LogP contribution is 2.27. The molecule has 21 heavy (non-hydrogen) atoms. The number of carboxylic acid groups (broad SMARTS) is 1. The number of amides is 1. The monoisotopic (exact) mass is 306 g/mol. The maximum absolute atomic E-state index is 12.0. The van der Waals surface area contributed by atoms with Crippen LogP contribution in [0.25, 0.3) is 0 Å². The Morgan fingerprint density at radius 2 is 1.95 bits per heavy atom. The Hall–Kier alpha value is -2.65. The third-order valence-electron chi connectivity index (χ3n) is 2.35. The van der Waals surface area contributed by atoms with Gasteiger partial charge in [0.1, 0.15) is 5.69 Å². The number of nitro groups is 1. The highest BCUT2D eigenvalue weighted by Gasteiger charge is 2.28. The fourth-order valence-electron chi connectivity index (χ4n) is 1.39. The van der Waals surface area contributed by atoms with E-state index >= 15 is 0 Å². The fourth-order valence-corrected chi connectivity index (χ4v) is 1.39. The Morgan fingerprint density at radius 3 is 2.43 bits per heavy atom. The first-order chi connectivity index (χ1) is 9.60. The van der Waals surface area contributed by atoms with E-state index in [2.05, 4.69) is 0 Å². The summed E-state index contributed by atoms with van der Waals surface area (Å²) in [4.78, 5) is 31.8. The minimum absolute atomic E-state index is 0.364. The smallest absolute Gasteiger partial charge is 0.389 e. The van der Waals surface area contributed by atoms with Crippen molar-refractivity contribution in [2.24, 2.45) is 0 Å². The second-order valence-corrected chi connectivity index (χ2v) is 3.96. The summed E-state index contributed by atoms with van der Waals surface area (Å²) >= 11 is 0. The molecule has 0 aliphatic rings. The SMILES string of the molecule is O=C(CCC(F)(F)F)Nc1ccc(C(=O)O)cc1[N+](=O)[O-]. The van der Waals surface area contributed by atoms with Crippen molar-refractivity contribution in [1.29, 1.82) is 0 Å². The Kier molecular flexibility index (Phi) is 4.84. The number of carboxylic acids is 1. The van der Waals surface area contributed by atoms with E-state index in [0.29, 0.717) is 6.07 Å². The van der Waals surface area contributed by atoms with Crippen LogP contribution in [0.5, 0.6) is 0 Å². The van der Waals surface area contributed by atoms with Gasteiger partial charge in [-0.3, -0.25) is 14.9 Å². The lowest BCUT2D eigenvalue weighted by atomic mass is 10.1. The summed E-state index contributed by atoms with van der Waals surface area (Å²) in [5.74, 6) is -2.47. The van der Waals surface area contributed by atoms with Crippen LogP contribution in [0.1, 0.15) is 23.2 Å². The number of halogens is 3. The third kappa shape index (κ3) is 5.09. The molecule has 0 aliphatic heterocycles. The molecule has 0 atom stereocenters. The van der Waals surface area contributed by atoms with Crippen molar-refractivity contribution in [2.75, 3.05) is 5.32 Å². The number of rotatable bonds is 5. The summed E-state index contributed by atoms with van der Waals surface area (Å²) in [6, 6.07) is 2.66. The molecule has 1 rings (SSSR count). The molecule has 10 heteroatoms. The second-order valence-electron chi connectivity index (χ2n) is 3.96. The van der Waals surface area contributed by atoms with Gasteiger partial charge in [0.25, 0.3) is 5.69 Å². The van der Waals surface area contributed by atoms with Crippen molar-refractivity contribution in [1.82, 2.24) is 0 Å². The van der Waals surface area contributed by atoms with E-state index in [0.717, 1.165) is 12.1 Å². The number of nitro benzene ring substituents is 1. The van der Waals surface area contributed by atoms with Gasteiger partial charge in [-0.1, -0.05) is 0 Å². The number of nitrogens with zero attached hydrogens (tertiary/aromatic N) is 1. The van der Waals surface area contributed by atoms with E-state index in [1.165, 1.54) is 0 Å². The molecule has 0 aromatic heterocycles. The van der Waals surface area contributed by atoms with E-state index < -0.39 is 41.5 Å². The Balaban J connectivity index is 2.90. The molecule has 1 amide bonds. The maximum atomic E-state index is 12.0. The summed E-state index contributed by atoms with van der Waals surface area (Å²) in [7, 11) is 0. The molecule has 0 heterocycles. The molecule has 0 saturated heterocycles. The zero-order chi connectivity index (χ0) is 16.2. The first kappa shape index (κ1) is 16.4. The lowest BCUT2D eigenvalue weighted by Crippen LogP contribution is -2.17. The van der Waals surface area contributed by atoms with E-state index in [9.17, 15) is 32.9 Å². The number of alkyl halides is 3. The number of benzene rings is 1. The van der Waals surface area contributed by atoms with E-state index in [1.54, 1.807) is 0 Å². The highest BCUT2D eigenvalue weighted by atomic mass is 19.4. The summed E-state index contributed by atoms with van der Waals surface area (Å²) in [6.45, 7) is 0.